The summed E-state index contributed by atoms with van der Waals surface area (Å²) in [7, 11) is 1.58. The maximum Gasteiger partial charge on any atom is 0.262 e. The zero-order valence-electron chi connectivity index (χ0n) is 14.2. The van der Waals surface area contributed by atoms with Gasteiger partial charge in [0.2, 0.25) is 0 Å². The number of hydrogen-bond acceptors (Lipinski definition) is 4. The zero-order valence-corrected chi connectivity index (χ0v) is 14.2. The summed E-state index contributed by atoms with van der Waals surface area (Å²) in [5, 5.41) is 2.78. The van der Waals surface area contributed by atoms with E-state index in [1.165, 1.54) is 0 Å². The highest BCUT2D eigenvalue weighted by atomic mass is 16.5. The second-order valence-corrected chi connectivity index (χ2v) is 5.75. The molecule has 0 radical (unpaired) electrons. The van der Waals surface area contributed by atoms with Crippen LogP contribution in [0.4, 0.5) is 5.69 Å². The molecule has 1 amide bonds. The van der Waals surface area contributed by atoms with Gasteiger partial charge < -0.3 is 19.5 Å². The lowest BCUT2D eigenvalue weighted by Gasteiger charge is -2.10. The summed E-state index contributed by atoms with van der Waals surface area (Å²) >= 11 is 0. The third-order valence-corrected chi connectivity index (χ3v) is 3.13. The van der Waals surface area contributed by atoms with E-state index in [0.29, 0.717) is 29.7 Å². The molecule has 2 rings (SSSR count). The number of ether oxygens (including phenoxy) is 3. The summed E-state index contributed by atoms with van der Waals surface area (Å²) < 4.78 is 16.2. The second kappa shape index (κ2) is 8.82. The maximum absolute atomic E-state index is 11.9. The highest BCUT2D eigenvalue weighted by molar-refractivity contribution is 5.91. The van der Waals surface area contributed by atoms with Crippen molar-refractivity contribution in [1.29, 1.82) is 0 Å². The Morgan fingerprint density at radius 3 is 2.38 bits per heavy atom. The Morgan fingerprint density at radius 1 is 1.00 bits per heavy atom. The molecular formula is C19H23NO4. The number of benzene rings is 2. The summed E-state index contributed by atoms with van der Waals surface area (Å²) in [6, 6.07) is 14.4. The average Bonchev–Trinajstić information content (AvgIpc) is 2.59. The minimum absolute atomic E-state index is 0.0707. The smallest absolute Gasteiger partial charge is 0.262 e. The van der Waals surface area contributed by atoms with Gasteiger partial charge in [-0.25, -0.2) is 0 Å². The van der Waals surface area contributed by atoms with Crippen molar-refractivity contribution in [3.05, 3.63) is 48.5 Å². The molecule has 0 aliphatic carbocycles. The van der Waals surface area contributed by atoms with E-state index in [-0.39, 0.29) is 12.5 Å². The number of amides is 1. The van der Waals surface area contributed by atoms with Crippen molar-refractivity contribution >= 4 is 11.6 Å². The first-order chi connectivity index (χ1) is 11.6. The maximum atomic E-state index is 11.9. The van der Waals surface area contributed by atoms with Crippen LogP contribution < -0.4 is 19.5 Å². The number of anilines is 1. The number of hydrogen-bond donors (Lipinski definition) is 1. The van der Waals surface area contributed by atoms with Gasteiger partial charge in [0.25, 0.3) is 5.91 Å². The third kappa shape index (κ3) is 5.83. The lowest BCUT2D eigenvalue weighted by Crippen LogP contribution is -2.20. The number of rotatable bonds is 8. The van der Waals surface area contributed by atoms with Crippen molar-refractivity contribution in [2.45, 2.75) is 13.8 Å². The standard InChI is InChI=1S/C19H23NO4/c1-14(2)12-23-16-9-7-15(8-10-16)20-19(21)13-24-18-6-4-5-17(11-18)22-3/h4-11,14H,12-13H2,1-3H3,(H,20,21). The van der Waals surface area contributed by atoms with E-state index in [0.717, 1.165) is 5.75 Å². The van der Waals surface area contributed by atoms with Gasteiger partial charge >= 0.3 is 0 Å². The molecule has 2 aromatic rings. The molecule has 0 aliphatic heterocycles. The molecule has 5 nitrogen and oxygen atoms in total. The fourth-order valence-electron chi connectivity index (χ4n) is 1.93. The summed E-state index contributed by atoms with van der Waals surface area (Å²) in [6.45, 7) is 4.78. The Bertz CT molecular complexity index is 653. The lowest BCUT2D eigenvalue weighted by atomic mass is 10.2. The van der Waals surface area contributed by atoms with Crippen LogP contribution in [0, 0.1) is 5.92 Å². The SMILES string of the molecule is COc1cccc(OCC(=O)Nc2ccc(OCC(C)C)cc2)c1. The molecular weight excluding hydrogens is 306 g/mol. The second-order valence-electron chi connectivity index (χ2n) is 5.75. The van der Waals surface area contributed by atoms with Crippen molar-refractivity contribution < 1.29 is 19.0 Å². The summed E-state index contributed by atoms with van der Waals surface area (Å²) in [5.74, 6) is 2.30. The first-order valence-electron chi connectivity index (χ1n) is 7.86. The van der Waals surface area contributed by atoms with Crippen LogP contribution in [0.15, 0.2) is 48.5 Å². The monoisotopic (exact) mass is 329 g/mol. The largest absolute Gasteiger partial charge is 0.497 e. The summed E-state index contributed by atoms with van der Waals surface area (Å²) in [4.78, 5) is 11.9. The molecule has 0 atom stereocenters. The Balaban J connectivity index is 1.81. The molecule has 1 N–H and O–H groups in total. The van der Waals surface area contributed by atoms with Crippen molar-refractivity contribution in [3.63, 3.8) is 0 Å². The minimum Gasteiger partial charge on any atom is -0.497 e. The van der Waals surface area contributed by atoms with Crippen LogP contribution in [0.1, 0.15) is 13.8 Å². The van der Waals surface area contributed by atoms with Crippen LogP contribution >= 0.6 is 0 Å². The molecule has 0 spiro atoms. The first-order valence-corrected chi connectivity index (χ1v) is 7.86. The fraction of sp³-hybridized carbons (Fsp3) is 0.316. The van der Waals surface area contributed by atoms with Gasteiger partial charge in [-0.3, -0.25) is 4.79 Å². The Kier molecular flexibility index (Phi) is 6.49. The van der Waals surface area contributed by atoms with E-state index in [1.54, 1.807) is 31.4 Å². The predicted octanol–water partition coefficient (Wildman–Crippen LogP) is 3.75. The van der Waals surface area contributed by atoms with E-state index in [1.807, 2.05) is 24.3 Å². The van der Waals surface area contributed by atoms with Gasteiger partial charge in [-0.2, -0.15) is 0 Å². The van der Waals surface area contributed by atoms with Crippen molar-refractivity contribution in [2.24, 2.45) is 5.92 Å². The molecule has 0 fully saturated rings. The van der Waals surface area contributed by atoms with Crippen LogP contribution in [0.2, 0.25) is 0 Å². The zero-order chi connectivity index (χ0) is 17.4. The van der Waals surface area contributed by atoms with Crippen molar-refractivity contribution in [1.82, 2.24) is 0 Å². The molecule has 2 aromatic carbocycles. The van der Waals surface area contributed by atoms with Crippen LogP contribution in [0.3, 0.4) is 0 Å². The number of methoxy groups -OCH3 is 1. The van der Waals surface area contributed by atoms with Crippen molar-refractivity contribution in [2.75, 3.05) is 25.6 Å². The topological polar surface area (TPSA) is 56.8 Å². The first kappa shape index (κ1) is 17.7. The van der Waals surface area contributed by atoms with E-state index < -0.39 is 0 Å². The highest BCUT2D eigenvalue weighted by Gasteiger charge is 2.05. The molecule has 5 heteroatoms. The summed E-state index contributed by atoms with van der Waals surface area (Å²) in [6.07, 6.45) is 0. The number of carbonyl (C=O) groups excluding carboxylic acids is 1. The fourth-order valence-corrected chi connectivity index (χ4v) is 1.93. The molecule has 0 saturated heterocycles. The molecule has 24 heavy (non-hydrogen) atoms. The molecule has 0 unspecified atom stereocenters. The van der Waals surface area contributed by atoms with Gasteiger partial charge in [0.1, 0.15) is 17.2 Å². The van der Waals surface area contributed by atoms with Crippen LogP contribution in [-0.2, 0) is 4.79 Å². The molecule has 0 bridgehead atoms. The molecule has 0 saturated carbocycles. The summed E-state index contributed by atoms with van der Waals surface area (Å²) in [5.41, 5.74) is 0.700. The number of nitrogens with one attached hydrogen (secondary N) is 1. The van der Waals surface area contributed by atoms with E-state index in [4.69, 9.17) is 14.2 Å². The Morgan fingerprint density at radius 2 is 1.71 bits per heavy atom. The van der Waals surface area contributed by atoms with Gasteiger partial charge in [-0.15, -0.1) is 0 Å². The molecule has 0 aliphatic rings. The van der Waals surface area contributed by atoms with Gasteiger partial charge in [0, 0.05) is 11.8 Å². The molecule has 0 heterocycles. The highest BCUT2D eigenvalue weighted by Crippen LogP contribution is 2.19. The normalized spacial score (nSPS) is 10.3. The number of carbonyl (C=O) groups is 1. The Labute approximate surface area is 142 Å². The van der Waals surface area contributed by atoms with Crippen molar-refractivity contribution in [3.8, 4) is 17.2 Å². The minimum atomic E-state index is -0.228. The predicted molar refractivity (Wildman–Crippen MR) is 93.9 cm³/mol. The quantitative estimate of drug-likeness (QED) is 0.801. The van der Waals surface area contributed by atoms with E-state index in [2.05, 4.69) is 19.2 Å². The third-order valence-electron chi connectivity index (χ3n) is 3.13. The van der Waals surface area contributed by atoms with Gasteiger partial charge in [0.15, 0.2) is 6.61 Å². The van der Waals surface area contributed by atoms with Crippen LogP contribution in [-0.4, -0.2) is 26.2 Å². The van der Waals surface area contributed by atoms with E-state index >= 15 is 0 Å². The molecule has 0 aromatic heterocycles. The molecule has 128 valence electrons. The van der Waals surface area contributed by atoms with Gasteiger partial charge in [-0.05, 0) is 42.3 Å². The van der Waals surface area contributed by atoms with E-state index in [9.17, 15) is 4.79 Å². The van der Waals surface area contributed by atoms with Gasteiger partial charge in [-0.1, -0.05) is 19.9 Å². The van der Waals surface area contributed by atoms with Crippen LogP contribution in [0.25, 0.3) is 0 Å². The van der Waals surface area contributed by atoms with Gasteiger partial charge in [0.05, 0.1) is 13.7 Å². The Hall–Kier alpha value is -2.69. The lowest BCUT2D eigenvalue weighted by molar-refractivity contribution is -0.118. The average molecular weight is 329 g/mol. The van der Waals surface area contributed by atoms with Crippen LogP contribution in [0.5, 0.6) is 17.2 Å².